The number of amides is 1. The number of hydrogen-bond acceptors (Lipinski definition) is 3. The van der Waals surface area contributed by atoms with E-state index < -0.39 is 0 Å². The molecule has 0 spiro atoms. The summed E-state index contributed by atoms with van der Waals surface area (Å²) in [7, 11) is 0. The number of aryl methyl sites for hydroxylation is 1. The number of nitrogens with two attached hydrogens (primary N) is 1. The predicted octanol–water partition coefficient (Wildman–Crippen LogP) is 3.27. The zero-order valence-electron chi connectivity index (χ0n) is 12.1. The van der Waals surface area contributed by atoms with Crippen molar-refractivity contribution in [3.8, 4) is 0 Å². The number of rotatable bonds is 5. The molecule has 0 aliphatic rings. The van der Waals surface area contributed by atoms with Crippen LogP contribution in [0.4, 0.5) is 11.4 Å². The summed E-state index contributed by atoms with van der Waals surface area (Å²) in [5.41, 5.74) is 6.85. The van der Waals surface area contributed by atoms with Crippen LogP contribution in [0.25, 0.3) is 0 Å². The van der Waals surface area contributed by atoms with Crippen molar-refractivity contribution >= 4 is 28.9 Å². The van der Waals surface area contributed by atoms with Crippen molar-refractivity contribution in [2.24, 2.45) is 0 Å². The summed E-state index contributed by atoms with van der Waals surface area (Å²) in [5, 5.41) is 3.34. The number of hydrogen-bond donors (Lipinski definition) is 2. The molecule has 2 rings (SSSR count). The van der Waals surface area contributed by atoms with Gasteiger partial charge in [0.05, 0.1) is 11.4 Å². The molecule has 0 saturated heterocycles. The van der Waals surface area contributed by atoms with Gasteiger partial charge in [-0.25, -0.2) is 4.98 Å². The van der Waals surface area contributed by atoms with Gasteiger partial charge in [0.1, 0.15) is 5.82 Å². The fourth-order valence-corrected chi connectivity index (χ4v) is 2.27. The lowest BCUT2D eigenvalue weighted by Crippen LogP contribution is -2.16. The third kappa shape index (κ3) is 3.98. The molecular formula is C15H19ClN4O. The Hall–Kier alpha value is -2.01. The molecule has 1 heterocycles. The summed E-state index contributed by atoms with van der Waals surface area (Å²) in [5.74, 6) is 1.22. The van der Waals surface area contributed by atoms with Gasteiger partial charge in [0.25, 0.3) is 0 Å². The maximum atomic E-state index is 12.0. The van der Waals surface area contributed by atoms with Gasteiger partial charge >= 0.3 is 0 Å². The van der Waals surface area contributed by atoms with Crippen LogP contribution >= 0.6 is 11.6 Å². The number of halogens is 1. The zero-order valence-corrected chi connectivity index (χ0v) is 12.9. The SMILES string of the molecule is CC(C)c1nccn1CCC(=O)Nc1ccc(Cl)cc1N. The minimum atomic E-state index is -0.0903. The minimum Gasteiger partial charge on any atom is -0.397 e. The number of imidazole rings is 1. The third-order valence-electron chi connectivity index (χ3n) is 3.13. The van der Waals surface area contributed by atoms with Crippen molar-refractivity contribution in [2.75, 3.05) is 11.1 Å². The molecule has 0 aliphatic heterocycles. The van der Waals surface area contributed by atoms with Crippen molar-refractivity contribution in [1.29, 1.82) is 0 Å². The normalized spacial score (nSPS) is 10.9. The molecule has 5 nitrogen and oxygen atoms in total. The first-order valence-corrected chi connectivity index (χ1v) is 7.21. The van der Waals surface area contributed by atoms with Crippen LogP contribution in [0.3, 0.4) is 0 Å². The molecule has 6 heteroatoms. The van der Waals surface area contributed by atoms with E-state index >= 15 is 0 Å². The number of anilines is 2. The first-order chi connectivity index (χ1) is 9.97. The number of carbonyl (C=O) groups is 1. The first-order valence-electron chi connectivity index (χ1n) is 6.83. The average molecular weight is 307 g/mol. The lowest BCUT2D eigenvalue weighted by molar-refractivity contribution is -0.116. The highest BCUT2D eigenvalue weighted by atomic mass is 35.5. The second kappa shape index (κ2) is 6.63. The van der Waals surface area contributed by atoms with Gasteiger partial charge in [-0.15, -0.1) is 0 Å². The van der Waals surface area contributed by atoms with Crippen LogP contribution in [0.15, 0.2) is 30.6 Å². The molecule has 0 atom stereocenters. The smallest absolute Gasteiger partial charge is 0.226 e. The number of benzene rings is 1. The molecule has 2 aromatic rings. The van der Waals surface area contributed by atoms with Crippen LogP contribution < -0.4 is 11.1 Å². The Morgan fingerprint density at radius 1 is 1.48 bits per heavy atom. The summed E-state index contributed by atoms with van der Waals surface area (Å²) in [4.78, 5) is 16.3. The van der Waals surface area contributed by atoms with E-state index in [0.29, 0.717) is 35.3 Å². The highest BCUT2D eigenvalue weighted by Crippen LogP contribution is 2.22. The van der Waals surface area contributed by atoms with E-state index in [9.17, 15) is 4.79 Å². The average Bonchev–Trinajstić information content (AvgIpc) is 2.88. The number of nitrogen functional groups attached to an aromatic ring is 1. The van der Waals surface area contributed by atoms with Gasteiger partial charge in [0, 0.05) is 36.3 Å². The zero-order chi connectivity index (χ0) is 15.4. The largest absolute Gasteiger partial charge is 0.397 e. The number of nitrogens with one attached hydrogen (secondary N) is 1. The molecule has 0 saturated carbocycles. The maximum absolute atomic E-state index is 12.0. The van der Waals surface area contributed by atoms with Gasteiger partial charge in [-0.1, -0.05) is 25.4 Å². The number of aromatic nitrogens is 2. The van der Waals surface area contributed by atoms with Crippen LogP contribution in [-0.2, 0) is 11.3 Å². The lowest BCUT2D eigenvalue weighted by Gasteiger charge is -2.11. The molecule has 1 aromatic carbocycles. The molecule has 1 amide bonds. The van der Waals surface area contributed by atoms with Gasteiger partial charge in [-0.3, -0.25) is 4.79 Å². The van der Waals surface area contributed by atoms with E-state index in [2.05, 4.69) is 24.1 Å². The Bertz CT molecular complexity index is 636. The molecule has 0 unspecified atom stereocenters. The van der Waals surface area contributed by atoms with Gasteiger partial charge in [0.2, 0.25) is 5.91 Å². The summed E-state index contributed by atoms with van der Waals surface area (Å²) in [6.45, 7) is 4.74. The number of carbonyl (C=O) groups excluding carboxylic acids is 1. The van der Waals surface area contributed by atoms with Gasteiger partial charge < -0.3 is 15.6 Å². The molecule has 0 radical (unpaired) electrons. The molecule has 1 aromatic heterocycles. The van der Waals surface area contributed by atoms with Crippen LogP contribution in [0, 0.1) is 0 Å². The van der Waals surface area contributed by atoms with Crippen LogP contribution in [0.1, 0.15) is 32.0 Å². The van der Waals surface area contributed by atoms with Crippen LogP contribution in [-0.4, -0.2) is 15.5 Å². The van der Waals surface area contributed by atoms with E-state index in [1.54, 1.807) is 24.4 Å². The molecule has 0 aliphatic carbocycles. The Balaban J connectivity index is 1.94. The molecule has 21 heavy (non-hydrogen) atoms. The maximum Gasteiger partial charge on any atom is 0.226 e. The fourth-order valence-electron chi connectivity index (χ4n) is 2.09. The van der Waals surface area contributed by atoms with E-state index in [1.807, 2.05) is 10.8 Å². The Labute approximate surface area is 129 Å². The quantitative estimate of drug-likeness (QED) is 0.833. The Morgan fingerprint density at radius 2 is 2.24 bits per heavy atom. The summed E-state index contributed by atoms with van der Waals surface area (Å²) >= 11 is 5.83. The van der Waals surface area contributed by atoms with E-state index in [1.165, 1.54) is 0 Å². The third-order valence-corrected chi connectivity index (χ3v) is 3.37. The first kappa shape index (κ1) is 15.4. The van der Waals surface area contributed by atoms with E-state index in [-0.39, 0.29) is 5.91 Å². The highest BCUT2D eigenvalue weighted by molar-refractivity contribution is 6.31. The van der Waals surface area contributed by atoms with Gasteiger partial charge in [-0.05, 0) is 18.2 Å². The van der Waals surface area contributed by atoms with Crippen molar-refractivity contribution in [1.82, 2.24) is 9.55 Å². The van der Waals surface area contributed by atoms with Crippen molar-refractivity contribution in [3.63, 3.8) is 0 Å². The van der Waals surface area contributed by atoms with Crippen molar-refractivity contribution < 1.29 is 4.79 Å². The summed E-state index contributed by atoms with van der Waals surface area (Å²) < 4.78 is 2.00. The monoisotopic (exact) mass is 306 g/mol. The topological polar surface area (TPSA) is 72.9 Å². The summed E-state index contributed by atoms with van der Waals surface area (Å²) in [6, 6.07) is 5.01. The Morgan fingerprint density at radius 3 is 2.90 bits per heavy atom. The van der Waals surface area contributed by atoms with Gasteiger partial charge in [0.15, 0.2) is 0 Å². The molecular weight excluding hydrogens is 288 g/mol. The second-order valence-corrected chi connectivity index (χ2v) is 5.60. The number of nitrogens with zero attached hydrogens (tertiary/aromatic N) is 2. The van der Waals surface area contributed by atoms with Crippen LogP contribution in [0.5, 0.6) is 0 Å². The van der Waals surface area contributed by atoms with E-state index in [0.717, 1.165) is 5.82 Å². The predicted molar refractivity (Wildman–Crippen MR) is 85.4 cm³/mol. The van der Waals surface area contributed by atoms with E-state index in [4.69, 9.17) is 17.3 Å². The van der Waals surface area contributed by atoms with Gasteiger partial charge in [-0.2, -0.15) is 0 Å². The molecule has 3 N–H and O–H groups in total. The van der Waals surface area contributed by atoms with Crippen LogP contribution in [0.2, 0.25) is 5.02 Å². The molecule has 0 fully saturated rings. The van der Waals surface area contributed by atoms with Crippen molar-refractivity contribution in [2.45, 2.75) is 32.7 Å². The minimum absolute atomic E-state index is 0.0903. The standard InChI is InChI=1S/C15H19ClN4O/c1-10(2)15-18-6-8-20(15)7-5-14(21)19-13-4-3-11(16)9-12(13)17/h3-4,6,8-10H,5,7,17H2,1-2H3,(H,19,21). The van der Waals surface area contributed by atoms with Crippen molar-refractivity contribution in [3.05, 3.63) is 41.4 Å². The molecule has 0 bridgehead atoms. The summed E-state index contributed by atoms with van der Waals surface area (Å²) in [6.07, 6.45) is 4.00. The lowest BCUT2D eigenvalue weighted by atomic mass is 10.2. The second-order valence-electron chi connectivity index (χ2n) is 5.16. The highest BCUT2D eigenvalue weighted by Gasteiger charge is 2.10. The molecule has 112 valence electrons. The Kier molecular flexibility index (Phi) is 4.85. The fraction of sp³-hybridized carbons (Fsp3) is 0.333.